The summed E-state index contributed by atoms with van der Waals surface area (Å²) >= 11 is 3.40. The van der Waals surface area contributed by atoms with E-state index in [1.807, 2.05) is 16.2 Å². The molecule has 152 valence electrons. The van der Waals surface area contributed by atoms with Gasteiger partial charge >= 0.3 is 0 Å². The van der Waals surface area contributed by atoms with Crippen molar-refractivity contribution in [1.82, 2.24) is 24.0 Å². The third-order valence-electron chi connectivity index (χ3n) is 4.85. The minimum absolute atomic E-state index is 0.199. The molecular weight excluding hydrogens is 449 g/mol. The van der Waals surface area contributed by atoms with Crippen LogP contribution in [-0.2, 0) is 0 Å². The minimum Gasteiger partial charge on any atom is -0.345 e. The van der Waals surface area contributed by atoms with Gasteiger partial charge in [-0.1, -0.05) is 12.2 Å². The van der Waals surface area contributed by atoms with Gasteiger partial charge in [0, 0.05) is 40.5 Å². The Morgan fingerprint density at radius 1 is 1.30 bits per heavy atom. The van der Waals surface area contributed by atoms with Gasteiger partial charge in [0.25, 0.3) is 5.91 Å². The highest BCUT2D eigenvalue weighted by atomic mass is 79.9. The summed E-state index contributed by atoms with van der Waals surface area (Å²) in [6.07, 6.45) is 13.1. The van der Waals surface area contributed by atoms with E-state index in [4.69, 9.17) is 0 Å². The number of hydrogen-bond donors (Lipinski definition) is 1. The number of rotatable bonds is 6. The van der Waals surface area contributed by atoms with Gasteiger partial charge in [0.05, 0.1) is 35.2 Å². The quantitative estimate of drug-likeness (QED) is 0.433. The van der Waals surface area contributed by atoms with Gasteiger partial charge < -0.3 is 9.24 Å². The van der Waals surface area contributed by atoms with Crippen LogP contribution in [0.25, 0.3) is 16.6 Å². The Labute approximate surface area is 181 Å². The van der Waals surface area contributed by atoms with Crippen molar-refractivity contribution in [3.05, 3.63) is 90.8 Å². The number of nitrogens with zero attached hydrogens (tertiary/aromatic N) is 4. The highest BCUT2D eigenvalue weighted by Gasteiger charge is 2.20. The first kappa shape index (κ1) is 20.0. The first-order chi connectivity index (χ1) is 14.6. The third-order valence-corrected chi connectivity index (χ3v) is 5.38. The molecule has 1 aliphatic heterocycles. The molecule has 0 bridgehead atoms. The molecule has 1 aromatic carbocycles. The van der Waals surface area contributed by atoms with Crippen molar-refractivity contribution < 1.29 is 9.18 Å². The normalized spacial score (nSPS) is 14.5. The van der Waals surface area contributed by atoms with Crippen molar-refractivity contribution in [3.8, 4) is 5.69 Å². The Hall–Kier alpha value is -3.26. The topological polar surface area (TPSA) is 63.1 Å². The van der Waals surface area contributed by atoms with E-state index in [9.17, 15) is 9.18 Å². The van der Waals surface area contributed by atoms with Crippen molar-refractivity contribution in [1.29, 1.82) is 0 Å². The number of hydrogen-bond acceptors (Lipinski definition) is 4. The highest BCUT2D eigenvalue weighted by molar-refractivity contribution is 9.07. The van der Waals surface area contributed by atoms with E-state index in [1.54, 1.807) is 35.3 Å². The van der Waals surface area contributed by atoms with E-state index < -0.39 is 0 Å². The Balaban J connectivity index is 1.64. The largest absolute Gasteiger partial charge is 0.345 e. The second-order valence-electron chi connectivity index (χ2n) is 6.81. The molecule has 30 heavy (non-hydrogen) atoms. The molecule has 8 heteroatoms. The maximum absolute atomic E-state index is 13.3. The van der Waals surface area contributed by atoms with Crippen LogP contribution >= 0.6 is 16.1 Å². The Morgan fingerprint density at radius 3 is 2.80 bits per heavy atom. The number of carbonyl (C=O) groups is 1. The Bertz CT molecular complexity index is 1150. The zero-order valence-electron chi connectivity index (χ0n) is 16.0. The van der Waals surface area contributed by atoms with Crippen molar-refractivity contribution in [2.24, 2.45) is 0 Å². The SMILES string of the molecule is C=CC[C@H](NC(=O)c1cncc2c1cnn2-c1ccc(F)cc1)C1=CCN(Br)C=C1. The second kappa shape index (κ2) is 8.62. The summed E-state index contributed by atoms with van der Waals surface area (Å²) in [5.74, 6) is -0.565. The maximum Gasteiger partial charge on any atom is 0.254 e. The summed E-state index contributed by atoms with van der Waals surface area (Å²) in [7, 11) is 0. The van der Waals surface area contributed by atoms with Gasteiger partial charge in [-0.3, -0.25) is 9.78 Å². The van der Waals surface area contributed by atoms with Gasteiger partial charge in [-0.15, -0.1) is 6.58 Å². The van der Waals surface area contributed by atoms with E-state index in [2.05, 4.69) is 44.2 Å². The predicted molar refractivity (Wildman–Crippen MR) is 118 cm³/mol. The minimum atomic E-state index is -0.323. The van der Waals surface area contributed by atoms with Crippen LogP contribution in [-0.4, -0.2) is 37.2 Å². The summed E-state index contributed by atoms with van der Waals surface area (Å²) in [5, 5.41) is 8.12. The molecule has 3 heterocycles. The van der Waals surface area contributed by atoms with Crippen LogP contribution in [0.1, 0.15) is 16.8 Å². The molecule has 3 aromatic rings. The van der Waals surface area contributed by atoms with Crippen molar-refractivity contribution in [2.45, 2.75) is 12.5 Å². The molecule has 2 aromatic heterocycles. The van der Waals surface area contributed by atoms with E-state index in [-0.39, 0.29) is 17.8 Å². The molecule has 0 unspecified atom stereocenters. The van der Waals surface area contributed by atoms with Gasteiger partial charge in [0.15, 0.2) is 0 Å². The molecule has 0 radical (unpaired) electrons. The van der Waals surface area contributed by atoms with E-state index in [0.717, 1.165) is 5.57 Å². The molecule has 1 N–H and O–H groups in total. The first-order valence-corrected chi connectivity index (χ1v) is 10.1. The van der Waals surface area contributed by atoms with Crippen LogP contribution < -0.4 is 5.32 Å². The average molecular weight is 468 g/mol. The molecular formula is C22H19BrFN5O. The number of pyridine rings is 1. The smallest absolute Gasteiger partial charge is 0.254 e. The molecule has 0 aliphatic carbocycles. The highest BCUT2D eigenvalue weighted by Crippen LogP contribution is 2.22. The number of fused-ring (bicyclic) bond motifs is 1. The number of aromatic nitrogens is 3. The fourth-order valence-electron chi connectivity index (χ4n) is 3.34. The zero-order valence-corrected chi connectivity index (χ0v) is 17.6. The monoisotopic (exact) mass is 467 g/mol. The lowest BCUT2D eigenvalue weighted by molar-refractivity contribution is 0.0944. The Morgan fingerprint density at radius 2 is 2.10 bits per heavy atom. The van der Waals surface area contributed by atoms with Crippen LogP contribution in [0.3, 0.4) is 0 Å². The van der Waals surface area contributed by atoms with Gasteiger partial charge in [0.2, 0.25) is 0 Å². The molecule has 4 rings (SSSR count). The lowest BCUT2D eigenvalue weighted by atomic mass is 10.0. The number of benzene rings is 1. The molecule has 0 saturated carbocycles. The van der Waals surface area contributed by atoms with Gasteiger partial charge in [-0.2, -0.15) is 5.10 Å². The standard InChI is InChI=1S/C22H19BrFN5O/c1-2-3-20(15-8-10-28(23)11-9-15)27-22(30)19-12-25-14-21-18(19)13-26-29(21)17-6-4-16(24)5-7-17/h2,4-10,12-14,20H,1,3,11H2,(H,27,30)/t20-/m0/s1. The fraction of sp³-hybridized carbons (Fsp3) is 0.136. The van der Waals surface area contributed by atoms with Gasteiger partial charge in [-0.25, -0.2) is 9.07 Å². The van der Waals surface area contributed by atoms with Crippen LogP contribution in [0.2, 0.25) is 0 Å². The maximum atomic E-state index is 13.3. The average Bonchev–Trinajstić information content (AvgIpc) is 3.19. The fourth-order valence-corrected chi connectivity index (χ4v) is 3.60. The molecule has 6 nitrogen and oxygen atoms in total. The lowest BCUT2D eigenvalue weighted by Crippen LogP contribution is -2.36. The number of carbonyl (C=O) groups excluding carboxylic acids is 1. The molecule has 0 fully saturated rings. The lowest BCUT2D eigenvalue weighted by Gasteiger charge is -2.23. The summed E-state index contributed by atoms with van der Waals surface area (Å²) in [6, 6.07) is 5.79. The van der Waals surface area contributed by atoms with Crippen molar-refractivity contribution in [3.63, 3.8) is 0 Å². The summed E-state index contributed by atoms with van der Waals surface area (Å²) in [6.45, 7) is 4.51. The van der Waals surface area contributed by atoms with E-state index in [0.29, 0.717) is 35.1 Å². The summed E-state index contributed by atoms with van der Waals surface area (Å²) in [4.78, 5) is 17.3. The van der Waals surface area contributed by atoms with Crippen molar-refractivity contribution in [2.75, 3.05) is 6.54 Å². The van der Waals surface area contributed by atoms with Crippen LogP contribution in [0.4, 0.5) is 4.39 Å². The van der Waals surface area contributed by atoms with E-state index in [1.165, 1.54) is 18.3 Å². The molecule has 0 spiro atoms. The zero-order chi connectivity index (χ0) is 21.1. The summed E-state index contributed by atoms with van der Waals surface area (Å²) in [5.41, 5.74) is 2.80. The third kappa shape index (κ3) is 4.04. The number of nitrogens with one attached hydrogen (secondary N) is 1. The number of halogens is 2. The number of amides is 1. The van der Waals surface area contributed by atoms with Crippen LogP contribution in [0.15, 0.2) is 79.4 Å². The molecule has 0 saturated heterocycles. The molecule has 1 aliphatic rings. The first-order valence-electron chi connectivity index (χ1n) is 9.37. The van der Waals surface area contributed by atoms with Gasteiger partial charge in [0.1, 0.15) is 5.82 Å². The van der Waals surface area contributed by atoms with Crippen LogP contribution in [0, 0.1) is 5.82 Å². The molecule has 1 atom stereocenters. The predicted octanol–water partition coefficient (Wildman–Crippen LogP) is 4.30. The Kier molecular flexibility index (Phi) is 5.76. The van der Waals surface area contributed by atoms with Gasteiger partial charge in [-0.05, 0) is 42.3 Å². The second-order valence-corrected chi connectivity index (χ2v) is 7.72. The van der Waals surface area contributed by atoms with E-state index >= 15 is 0 Å². The molecule has 1 amide bonds. The van der Waals surface area contributed by atoms with Crippen molar-refractivity contribution >= 4 is 33.0 Å². The van der Waals surface area contributed by atoms with Crippen LogP contribution in [0.5, 0.6) is 0 Å². The summed E-state index contributed by atoms with van der Waals surface area (Å²) < 4.78 is 16.8.